The summed E-state index contributed by atoms with van der Waals surface area (Å²) in [7, 11) is 1.28. The molecule has 0 bridgehead atoms. The van der Waals surface area contributed by atoms with Gasteiger partial charge in [-0.3, -0.25) is 0 Å². The van der Waals surface area contributed by atoms with Crippen LogP contribution < -0.4 is 0 Å². The molecule has 0 aliphatic heterocycles. The summed E-state index contributed by atoms with van der Waals surface area (Å²) in [5, 5.41) is 1.38. The van der Waals surface area contributed by atoms with Crippen LogP contribution in [-0.2, 0) is 4.74 Å². The number of rotatable bonds is 6. The Morgan fingerprint density at radius 1 is 1.03 bits per heavy atom. The number of carbonyl (C=O) groups is 1. The number of ether oxygens (including phenoxy) is 1. The number of hydrogen-bond donors (Lipinski definition) is 0. The Bertz CT molecular complexity index is 890. The maximum absolute atomic E-state index is 14.7. The van der Waals surface area contributed by atoms with E-state index in [9.17, 15) is 9.18 Å². The molecule has 4 atom stereocenters. The molecule has 2 aromatic rings. The van der Waals surface area contributed by atoms with Crippen molar-refractivity contribution in [2.75, 3.05) is 7.11 Å². The Kier molecular flexibility index (Phi) is 6.75. The normalized spacial score (nSPS) is 26.4. The van der Waals surface area contributed by atoms with Crippen LogP contribution >= 0.6 is 0 Å². The Morgan fingerprint density at radius 3 is 2.63 bits per heavy atom. The topological polar surface area (TPSA) is 26.3 Å². The zero-order valence-corrected chi connectivity index (χ0v) is 18.5. The molecule has 2 unspecified atom stereocenters. The molecule has 4 rings (SSSR count). The summed E-state index contributed by atoms with van der Waals surface area (Å²) in [6.45, 7) is 2.29. The van der Waals surface area contributed by atoms with Gasteiger partial charge in [-0.1, -0.05) is 63.3 Å². The van der Waals surface area contributed by atoms with Crippen LogP contribution in [0.15, 0.2) is 30.3 Å². The molecule has 2 nitrogen and oxygen atoms in total. The molecule has 0 spiro atoms. The molecule has 2 aliphatic rings. The highest BCUT2D eigenvalue weighted by atomic mass is 19.1. The Hall–Kier alpha value is -1.90. The smallest absolute Gasteiger partial charge is 0.340 e. The Morgan fingerprint density at radius 2 is 1.83 bits per heavy atom. The lowest BCUT2D eigenvalue weighted by Gasteiger charge is -2.42. The van der Waals surface area contributed by atoms with E-state index >= 15 is 0 Å². The predicted molar refractivity (Wildman–Crippen MR) is 120 cm³/mol. The van der Waals surface area contributed by atoms with Crippen molar-refractivity contribution >= 4 is 16.7 Å². The van der Waals surface area contributed by atoms with Gasteiger partial charge in [-0.25, -0.2) is 9.18 Å². The third-order valence-corrected chi connectivity index (χ3v) is 7.79. The molecule has 0 radical (unpaired) electrons. The first kappa shape index (κ1) is 21.3. The molecule has 0 aromatic heterocycles. The maximum atomic E-state index is 14.7. The molecular weight excluding hydrogens is 375 g/mol. The van der Waals surface area contributed by atoms with Gasteiger partial charge in [-0.2, -0.15) is 0 Å². The molecule has 0 heterocycles. The summed E-state index contributed by atoms with van der Waals surface area (Å²) >= 11 is 0. The number of benzene rings is 2. The third-order valence-electron chi connectivity index (χ3n) is 7.79. The van der Waals surface area contributed by atoms with E-state index in [-0.39, 0.29) is 5.56 Å². The van der Waals surface area contributed by atoms with Crippen molar-refractivity contribution in [3.05, 3.63) is 47.3 Å². The van der Waals surface area contributed by atoms with Gasteiger partial charge >= 0.3 is 5.97 Å². The predicted octanol–water partition coefficient (Wildman–Crippen LogP) is 7.65. The van der Waals surface area contributed by atoms with Gasteiger partial charge < -0.3 is 4.74 Å². The second-order valence-electron chi connectivity index (χ2n) is 9.60. The highest BCUT2D eigenvalue weighted by Gasteiger charge is 2.35. The van der Waals surface area contributed by atoms with Crippen LogP contribution in [0.2, 0.25) is 0 Å². The van der Waals surface area contributed by atoms with Gasteiger partial charge in [-0.05, 0) is 72.8 Å². The average Bonchev–Trinajstić information content (AvgIpc) is 2.78. The Balaban J connectivity index is 1.44. The van der Waals surface area contributed by atoms with Crippen LogP contribution in [0.5, 0.6) is 0 Å². The summed E-state index contributed by atoms with van der Waals surface area (Å²) < 4.78 is 19.4. The minimum absolute atomic E-state index is 0.00829. The van der Waals surface area contributed by atoms with Crippen molar-refractivity contribution in [2.24, 2.45) is 17.8 Å². The monoisotopic (exact) mass is 410 g/mol. The first-order valence-corrected chi connectivity index (χ1v) is 11.9. The summed E-state index contributed by atoms with van der Waals surface area (Å²) in [6, 6.07) is 9.46. The zero-order chi connectivity index (χ0) is 21.1. The minimum atomic E-state index is -0.623. The van der Waals surface area contributed by atoms with E-state index in [1.54, 1.807) is 6.07 Å². The largest absolute Gasteiger partial charge is 0.465 e. The van der Waals surface area contributed by atoms with Gasteiger partial charge in [0.25, 0.3) is 0 Å². The van der Waals surface area contributed by atoms with Crippen molar-refractivity contribution < 1.29 is 13.9 Å². The quantitative estimate of drug-likeness (QED) is 0.361. The van der Waals surface area contributed by atoms with Gasteiger partial charge in [0.05, 0.1) is 12.7 Å². The summed E-state index contributed by atoms with van der Waals surface area (Å²) in [5.41, 5.74) is 1.34. The van der Waals surface area contributed by atoms with E-state index in [4.69, 9.17) is 4.74 Å². The molecule has 2 saturated carbocycles. The number of esters is 1. The first-order valence-electron chi connectivity index (χ1n) is 11.9. The van der Waals surface area contributed by atoms with E-state index in [2.05, 4.69) is 19.1 Å². The maximum Gasteiger partial charge on any atom is 0.340 e. The second kappa shape index (κ2) is 9.49. The van der Waals surface area contributed by atoms with Crippen molar-refractivity contribution in [3.8, 4) is 0 Å². The lowest BCUT2D eigenvalue weighted by Crippen LogP contribution is -2.30. The van der Waals surface area contributed by atoms with Crippen LogP contribution in [-0.4, -0.2) is 13.1 Å². The van der Waals surface area contributed by atoms with E-state index < -0.39 is 11.8 Å². The van der Waals surface area contributed by atoms with E-state index in [0.717, 1.165) is 23.1 Å². The van der Waals surface area contributed by atoms with Crippen molar-refractivity contribution in [1.82, 2.24) is 0 Å². The number of fused-ring (bicyclic) bond motifs is 2. The van der Waals surface area contributed by atoms with Crippen molar-refractivity contribution in [3.63, 3.8) is 0 Å². The highest BCUT2D eigenvalue weighted by Crippen LogP contribution is 2.48. The fraction of sp³-hybridized carbons (Fsp3) is 0.593. The molecule has 2 aromatic carbocycles. The van der Waals surface area contributed by atoms with Crippen LogP contribution in [0, 0.1) is 23.6 Å². The zero-order valence-electron chi connectivity index (χ0n) is 18.5. The minimum Gasteiger partial charge on any atom is -0.465 e. The molecule has 2 fully saturated rings. The van der Waals surface area contributed by atoms with Gasteiger partial charge in [-0.15, -0.1) is 0 Å². The van der Waals surface area contributed by atoms with Crippen LogP contribution in [0.25, 0.3) is 10.8 Å². The highest BCUT2D eigenvalue weighted by molar-refractivity contribution is 5.96. The van der Waals surface area contributed by atoms with Crippen molar-refractivity contribution in [1.29, 1.82) is 0 Å². The fourth-order valence-electron chi connectivity index (χ4n) is 6.07. The first-order chi connectivity index (χ1) is 14.6. The van der Waals surface area contributed by atoms with Crippen LogP contribution in [0.4, 0.5) is 4.39 Å². The van der Waals surface area contributed by atoms with Gasteiger partial charge in [0.2, 0.25) is 0 Å². The lowest BCUT2D eigenvalue weighted by atomic mass is 9.63. The SMILES string of the molecule is CCCCCC1CC[C@@H]2CC(c3ccc4c(F)c(C(=O)OC)ccc4c3)CC[C@H]2C1. The van der Waals surface area contributed by atoms with Gasteiger partial charge in [0.15, 0.2) is 0 Å². The van der Waals surface area contributed by atoms with Gasteiger partial charge in [0.1, 0.15) is 5.82 Å². The van der Waals surface area contributed by atoms with E-state index in [0.29, 0.717) is 11.3 Å². The molecule has 3 heteroatoms. The standard InChI is InChI=1S/C27H35FO2/c1-3-4-5-6-18-7-8-20-16-21(10-9-19(20)15-18)22-11-13-24-23(17-22)12-14-25(26(24)28)27(29)30-2/h11-14,17-21H,3-10,15-16H2,1-2H3/t18?,19-,20+,21?/m0/s1. The Labute approximate surface area is 180 Å². The number of carbonyl (C=O) groups excluding carboxylic acids is 1. The summed E-state index contributed by atoms with van der Waals surface area (Å²) in [4.78, 5) is 11.8. The molecule has 0 N–H and O–H groups in total. The number of unbranched alkanes of at least 4 members (excludes halogenated alkanes) is 2. The third kappa shape index (κ3) is 4.40. The molecule has 0 amide bonds. The summed E-state index contributed by atoms with van der Waals surface area (Å²) in [6.07, 6.45) is 13.7. The van der Waals surface area contributed by atoms with E-state index in [1.165, 1.54) is 76.9 Å². The molecule has 2 aliphatic carbocycles. The van der Waals surface area contributed by atoms with Crippen LogP contribution in [0.3, 0.4) is 0 Å². The van der Waals surface area contributed by atoms with Crippen LogP contribution in [0.1, 0.15) is 93.0 Å². The molecule has 162 valence electrons. The number of hydrogen-bond acceptors (Lipinski definition) is 2. The van der Waals surface area contributed by atoms with E-state index in [1.807, 2.05) is 12.1 Å². The number of halogens is 1. The molecular formula is C27H35FO2. The van der Waals surface area contributed by atoms with Crippen molar-refractivity contribution in [2.45, 2.75) is 77.0 Å². The second-order valence-corrected chi connectivity index (χ2v) is 9.60. The fourth-order valence-corrected chi connectivity index (χ4v) is 6.07. The number of methoxy groups -OCH3 is 1. The van der Waals surface area contributed by atoms with Gasteiger partial charge in [0, 0.05) is 5.39 Å². The lowest BCUT2D eigenvalue weighted by molar-refractivity contribution is 0.0596. The molecule has 30 heavy (non-hydrogen) atoms. The summed E-state index contributed by atoms with van der Waals surface area (Å²) in [5.74, 6) is 2.22. The average molecular weight is 411 g/mol. The molecule has 0 saturated heterocycles.